The molecule has 3 aromatic rings. The van der Waals surface area contributed by atoms with Crippen molar-refractivity contribution in [1.29, 1.82) is 0 Å². The lowest BCUT2D eigenvalue weighted by Gasteiger charge is -2.11. The fourth-order valence-electron chi connectivity index (χ4n) is 2.87. The minimum Gasteiger partial charge on any atom is -0.493 e. The van der Waals surface area contributed by atoms with Gasteiger partial charge in [-0.05, 0) is 48.9 Å². The number of hydrazone groups is 1. The highest BCUT2D eigenvalue weighted by molar-refractivity contribution is 6.37. The van der Waals surface area contributed by atoms with Crippen LogP contribution in [0.25, 0.3) is 0 Å². The summed E-state index contributed by atoms with van der Waals surface area (Å²) in [5.74, 6) is 0.396. The van der Waals surface area contributed by atoms with Crippen molar-refractivity contribution in [3.8, 4) is 17.2 Å². The molecule has 0 bridgehead atoms. The van der Waals surface area contributed by atoms with Crippen LogP contribution in [0.4, 0.5) is 4.39 Å². The third kappa shape index (κ3) is 6.37. The van der Waals surface area contributed by atoms with E-state index in [0.717, 1.165) is 0 Å². The molecule has 9 heteroatoms. The lowest BCUT2D eigenvalue weighted by atomic mass is 10.2. The Balaban J connectivity index is 1.65. The zero-order valence-corrected chi connectivity index (χ0v) is 19.4. The average Bonchev–Trinajstić information content (AvgIpc) is 2.80. The molecule has 3 rings (SSSR count). The van der Waals surface area contributed by atoms with Crippen LogP contribution in [0.1, 0.15) is 28.4 Å². The number of halogens is 3. The van der Waals surface area contributed by atoms with Gasteiger partial charge in [-0.3, -0.25) is 4.79 Å². The number of carbonyl (C=O) groups excluding carboxylic acids is 1. The van der Waals surface area contributed by atoms with Crippen molar-refractivity contribution < 1.29 is 23.4 Å². The van der Waals surface area contributed by atoms with E-state index in [0.29, 0.717) is 34.8 Å². The van der Waals surface area contributed by atoms with Crippen molar-refractivity contribution in [2.45, 2.75) is 13.5 Å². The first kappa shape index (κ1) is 24.4. The molecular formula is C24H21Cl2FN2O4. The summed E-state index contributed by atoms with van der Waals surface area (Å²) in [7, 11) is 1.49. The van der Waals surface area contributed by atoms with Gasteiger partial charge in [0.05, 0.1) is 30.0 Å². The van der Waals surface area contributed by atoms with Gasteiger partial charge in [0.15, 0.2) is 17.2 Å². The van der Waals surface area contributed by atoms with Crippen LogP contribution >= 0.6 is 23.2 Å². The van der Waals surface area contributed by atoms with Gasteiger partial charge in [-0.15, -0.1) is 0 Å². The number of amides is 1. The highest BCUT2D eigenvalue weighted by Gasteiger charge is 2.12. The standard InChI is InChI=1S/C24H21Cl2FN2O4/c1-3-32-21-9-8-16(12-22(21)31-2)24(30)29-28-13-15-10-18(25)23(19(26)11-15)33-14-17-6-4-5-7-20(17)27/h4-13H,3,14H2,1-2H3,(H,29,30)/b28-13+. The second-order valence-electron chi connectivity index (χ2n) is 6.69. The maximum atomic E-state index is 13.8. The van der Waals surface area contributed by atoms with Crippen LogP contribution in [0.15, 0.2) is 59.7 Å². The summed E-state index contributed by atoms with van der Waals surface area (Å²) in [5.41, 5.74) is 3.69. The molecule has 33 heavy (non-hydrogen) atoms. The summed E-state index contributed by atoms with van der Waals surface area (Å²) in [6.07, 6.45) is 1.39. The topological polar surface area (TPSA) is 69.2 Å². The van der Waals surface area contributed by atoms with Crippen LogP contribution in [0.3, 0.4) is 0 Å². The van der Waals surface area contributed by atoms with Crippen molar-refractivity contribution in [2.75, 3.05) is 13.7 Å². The van der Waals surface area contributed by atoms with E-state index in [2.05, 4.69) is 10.5 Å². The van der Waals surface area contributed by atoms with Crippen molar-refractivity contribution in [1.82, 2.24) is 5.43 Å². The molecule has 0 saturated heterocycles. The minimum absolute atomic E-state index is 0.0266. The molecule has 0 heterocycles. The number of methoxy groups -OCH3 is 1. The van der Waals surface area contributed by atoms with E-state index in [1.165, 1.54) is 19.4 Å². The van der Waals surface area contributed by atoms with Crippen LogP contribution in [-0.2, 0) is 6.61 Å². The van der Waals surface area contributed by atoms with Crippen LogP contribution in [-0.4, -0.2) is 25.8 Å². The molecule has 0 atom stereocenters. The highest BCUT2D eigenvalue weighted by Crippen LogP contribution is 2.34. The molecule has 0 radical (unpaired) electrons. The van der Waals surface area contributed by atoms with Gasteiger partial charge in [-0.25, -0.2) is 9.82 Å². The van der Waals surface area contributed by atoms with Gasteiger partial charge < -0.3 is 14.2 Å². The number of hydrogen-bond acceptors (Lipinski definition) is 5. The van der Waals surface area contributed by atoms with Crippen molar-refractivity contribution >= 4 is 35.3 Å². The number of ether oxygens (including phenoxy) is 3. The predicted octanol–water partition coefficient (Wildman–Crippen LogP) is 5.88. The lowest BCUT2D eigenvalue weighted by Crippen LogP contribution is -2.17. The molecule has 3 aromatic carbocycles. The van der Waals surface area contributed by atoms with Gasteiger partial charge in [-0.2, -0.15) is 5.10 Å². The van der Waals surface area contributed by atoms with E-state index in [1.54, 1.807) is 48.5 Å². The smallest absolute Gasteiger partial charge is 0.271 e. The largest absolute Gasteiger partial charge is 0.493 e. The zero-order chi connectivity index (χ0) is 23.8. The summed E-state index contributed by atoms with van der Waals surface area (Å²) in [6, 6.07) is 14.2. The number of rotatable bonds is 9. The van der Waals surface area contributed by atoms with Gasteiger partial charge >= 0.3 is 0 Å². The van der Waals surface area contributed by atoms with E-state index >= 15 is 0 Å². The van der Waals surface area contributed by atoms with E-state index in [4.69, 9.17) is 37.4 Å². The molecule has 0 fully saturated rings. The first-order chi connectivity index (χ1) is 15.9. The molecule has 1 amide bonds. The maximum absolute atomic E-state index is 13.8. The van der Waals surface area contributed by atoms with Crippen molar-refractivity contribution in [2.24, 2.45) is 5.10 Å². The Labute approximate surface area is 200 Å². The van der Waals surface area contributed by atoms with Crippen LogP contribution in [0, 0.1) is 5.82 Å². The molecule has 0 unspecified atom stereocenters. The average molecular weight is 491 g/mol. The summed E-state index contributed by atoms with van der Waals surface area (Å²) in [6.45, 7) is 2.31. The first-order valence-corrected chi connectivity index (χ1v) is 10.7. The van der Waals surface area contributed by atoms with Gasteiger partial charge in [0.2, 0.25) is 0 Å². The molecule has 6 nitrogen and oxygen atoms in total. The SMILES string of the molecule is CCOc1ccc(C(=O)N/N=C/c2cc(Cl)c(OCc3ccccc3F)c(Cl)c2)cc1OC. The second-order valence-corrected chi connectivity index (χ2v) is 7.51. The second kappa shape index (κ2) is 11.5. The molecule has 0 aliphatic heterocycles. The number of benzene rings is 3. The monoisotopic (exact) mass is 490 g/mol. The Kier molecular flexibility index (Phi) is 8.52. The van der Waals surface area contributed by atoms with E-state index in [1.807, 2.05) is 6.92 Å². The summed E-state index contributed by atoms with van der Waals surface area (Å²) >= 11 is 12.5. The summed E-state index contributed by atoms with van der Waals surface area (Å²) in [5, 5.41) is 4.39. The lowest BCUT2D eigenvalue weighted by molar-refractivity contribution is 0.0954. The Morgan fingerprint density at radius 1 is 1.06 bits per heavy atom. The van der Waals surface area contributed by atoms with Gasteiger partial charge in [-0.1, -0.05) is 41.4 Å². The Morgan fingerprint density at radius 3 is 2.45 bits per heavy atom. The van der Waals surface area contributed by atoms with Crippen LogP contribution in [0.2, 0.25) is 10.0 Å². The molecule has 0 aromatic heterocycles. The number of nitrogens with one attached hydrogen (secondary N) is 1. The van der Waals surface area contributed by atoms with Crippen LogP contribution < -0.4 is 19.6 Å². The van der Waals surface area contributed by atoms with Crippen molar-refractivity contribution in [3.05, 3.63) is 87.2 Å². The van der Waals surface area contributed by atoms with Gasteiger partial charge in [0, 0.05) is 11.1 Å². The van der Waals surface area contributed by atoms with Gasteiger partial charge in [0.1, 0.15) is 12.4 Å². The zero-order valence-electron chi connectivity index (χ0n) is 17.9. The molecule has 0 saturated carbocycles. The molecule has 0 aliphatic carbocycles. The van der Waals surface area contributed by atoms with E-state index < -0.39 is 5.91 Å². The number of hydrogen-bond donors (Lipinski definition) is 1. The fraction of sp³-hybridized carbons (Fsp3) is 0.167. The minimum atomic E-state index is -0.436. The first-order valence-electron chi connectivity index (χ1n) is 9.92. The van der Waals surface area contributed by atoms with Gasteiger partial charge in [0.25, 0.3) is 5.91 Å². The molecular weight excluding hydrogens is 470 g/mol. The Morgan fingerprint density at radius 2 is 1.79 bits per heavy atom. The maximum Gasteiger partial charge on any atom is 0.271 e. The molecule has 0 aliphatic rings. The highest BCUT2D eigenvalue weighted by atomic mass is 35.5. The third-order valence-electron chi connectivity index (χ3n) is 4.46. The normalized spacial score (nSPS) is 10.8. The summed E-state index contributed by atoms with van der Waals surface area (Å²) in [4.78, 5) is 12.4. The van der Waals surface area contributed by atoms with Crippen LogP contribution in [0.5, 0.6) is 17.2 Å². The molecule has 172 valence electrons. The Bertz CT molecular complexity index is 1150. The quantitative estimate of drug-likeness (QED) is 0.300. The Hall–Kier alpha value is -3.29. The third-order valence-corrected chi connectivity index (χ3v) is 5.02. The number of nitrogens with zero attached hydrogens (tertiary/aromatic N) is 1. The molecule has 1 N–H and O–H groups in total. The van der Waals surface area contributed by atoms with E-state index in [-0.39, 0.29) is 28.2 Å². The predicted molar refractivity (Wildman–Crippen MR) is 126 cm³/mol. The molecule has 0 spiro atoms. The summed E-state index contributed by atoms with van der Waals surface area (Å²) < 4.78 is 30.1. The van der Waals surface area contributed by atoms with Crippen molar-refractivity contribution in [3.63, 3.8) is 0 Å². The van der Waals surface area contributed by atoms with E-state index in [9.17, 15) is 9.18 Å². The fourth-order valence-corrected chi connectivity index (χ4v) is 3.48. The number of carbonyl (C=O) groups is 1.